The van der Waals surface area contributed by atoms with Crippen molar-refractivity contribution in [3.8, 4) is 0 Å². The van der Waals surface area contributed by atoms with Gasteiger partial charge in [0.15, 0.2) is 0 Å². The van der Waals surface area contributed by atoms with Crippen LogP contribution in [0.25, 0.3) is 0 Å². The molecule has 1 aliphatic rings. The summed E-state index contributed by atoms with van der Waals surface area (Å²) in [4.78, 5) is 12.7. The van der Waals surface area contributed by atoms with E-state index in [1.807, 2.05) is 18.2 Å². The first-order valence-electron chi connectivity index (χ1n) is 6.09. The molecule has 5 nitrogen and oxygen atoms in total. The monoisotopic (exact) mass is 250 g/mol. The standard InChI is InChI=1S/C13H18N2O3/c16-13(17)14-8-12-10-15(6-7-18-12)9-11-4-2-1-3-5-11/h1-5,12,14H,6-10H2,(H,16,17)/t12-/m1/s1. The molecule has 98 valence electrons. The zero-order valence-corrected chi connectivity index (χ0v) is 10.2. The molecule has 0 aliphatic carbocycles. The molecule has 1 amide bonds. The maximum absolute atomic E-state index is 10.4. The van der Waals surface area contributed by atoms with Crippen molar-refractivity contribution >= 4 is 6.09 Å². The third-order valence-corrected chi connectivity index (χ3v) is 2.95. The Morgan fingerprint density at radius 2 is 2.22 bits per heavy atom. The highest BCUT2D eigenvalue weighted by Gasteiger charge is 2.20. The lowest BCUT2D eigenvalue weighted by Gasteiger charge is -2.32. The van der Waals surface area contributed by atoms with Gasteiger partial charge in [-0.1, -0.05) is 30.3 Å². The molecule has 0 unspecified atom stereocenters. The molecule has 0 aromatic heterocycles. The maximum Gasteiger partial charge on any atom is 0.404 e. The molecule has 1 saturated heterocycles. The summed E-state index contributed by atoms with van der Waals surface area (Å²) in [6.07, 6.45) is -1.06. The third kappa shape index (κ3) is 4.01. The van der Waals surface area contributed by atoms with Crippen molar-refractivity contribution in [2.24, 2.45) is 0 Å². The third-order valence-electron chi connectivity index (χ3n) is 2.95. The summed E-state index contributed by atoms with van der Waals surface area (Å²) in [5.41, 5.74) is 1.27. The van der Waals surface area contributed by atoms with Crippen LogP contribution in [0.1, 0.15) is 5.56 Å². The SMILES string of the molecule is O=C(O)NC[C@@H]1CN(Cc2ccccc2)CCO1. The average Bonchev–Trinajstić information content (AvgIpc) is 2.38. The van der Waals surface area contributed by atoms with Gasteiger partial charge in [0.2, 0.25) is 0 Å². The van der Waals surface area contributed by atoms with Crippen molar-refractivity contribution in [2.45, 2.75) is 12.6 Å². The number of amides is 1. The Bertz CT molecular complexity index is 383. The molecule has 1 aliphatic heterocycles. The van der Waals surface area contributed by atoms with E-state index < -0.39 is 6.09 Å². The largest absolute Gasteiger partial charge is 0.465 e. The minimum absolute atomic E-state index is 0.0569. The lowest BCUT2D eigenvalue weighted by molar-refractivity contribution is -0.0293. The van der Waals surface area contributed by atoms with E-state index in [2.05, 4.69) is 22.3 Å². The number of carboxylic acid groups (broad SMARTS) is 1. The molecule has 5 heteroatoms. The van der Waals surface area contributed by atoms with Gasteiger partial charge in [-0.05, 0) is 5.56 Å². The van der Waals surface area contributed by atoms with Crippen LogP contribution in [0, 0.1) is 0 Å². The second-order valence-electron chi connectivity index (χ2n) is 4.40. The second kappa shape index (κ2) is 6.37. The predicted molar refractivity (Wildman–Crippen MR) is 67.5 cm³/mol. The van der Waals surface area contributed by atoms with E-state index in [9.17, 15) is 4.79 Å². The first-order chi connectivity index (χ1) is 8.74. The number of morpholine rings is 1. The summed E-state index contributed by atoms with van der Waals surface area (Å²) < 4.78 is 5.53. The molecular formula is C13H18N2O3. The van der Waals surface area contributed by atoms with Crippen LogP contribution < -0.4 is 5.32 Å². The molecule has 1 heterocycles. The van der Waals surface area contributed by atoms with Gasteiger partial charge >= 0.3 is 6.09 Å². The molecule has 0 saturated carbocycles. The molecule has 0 radical (unpaired) electrons. The van der Waals surface area contributed by atoms with E-state index in [1.165, 1.54) is 5.56 Å². The van der Waals surface area contributed by atoms with Gasteiger partial charge in [0.05, 0.1) is 12.7 Å². The molecule has 2 rings (SSSR count). The fourth-order valence-corrected chi connectivity index (χ4v) is 2.09. The molecule has 0 bridgehead atoms. The van der Waals surface area contributed by atoms with Crippen molar-refractivity contribution in [3.05, 3.63) is 35.9 Å². The van der Waals surface area contributed by atoms with Gasteiger partial charge in [0.25, 0.3) is 0 Å². The highest BCUT2D eigenvalue weighted by atomic mass is 16.5. The number of carbonyl (C=O) groups is 1. The second-order valence-corrected chi connectivity index (χ2v) is 4.40. The fraction of sp³-hybridized carbons (Fsp3) is 0.462. The quantitative estimate of drug-likeness (QED) is 0.841. The highest BCUT2D eigenvalue weighted by Crippen LogP contribution is 2.09. The number of hydrogen-bond acceptors (Lipinski definition) is 3. The Balaban J connectivity index is 1.81. The Morgan fingerprint density at radius 1 is 1.44 bits per heavy atom. The number of nitrogens with zero attached hydrogens (tertiary/aromatic N) is 1. The van der Waals surface area contributed by atoms with Gasteiger partial charge < -0.3 is 15.2 Å². The van der Waals surface area contributed by atoms with E-state index in [1.54, 1.807) is 0 Å². The van der Waals surface area contributed by atoms with Crippen LogP contribution in [0.5, 0.6) is 0 Å². The molecule has 1 fully saturated rings. The lowest BCUT2D eigenvalue weighted by Crippen LogP contribution is -2.46. The summed E-state index contributed by atoms with van der Waals surface area (Å²) in [7, 11) is 0. The fourth-order valence-electron chi connectivity index (χ4n) is 2.09. The maximum atomic E-state index is 10.4. The van der Waals surface area contributed by atoms with Crippen LogP contribution in [0.2, 0.25) is 0 Å². The Kier molecular flexibility index (Phi) is 4.55. The number of benzene rings is 1. The lowest BCUT2D eigenvalue weighted by atomic mass is 10.2. The Morgan fingerprint density at radius 3 is 2.94 bits per heavy atom. The van der Waals surface area contributed by atoms with Gasteiger partial charge in [-0.3, -0.25) is 4.90 Å². The normalized spacial score (nSPS) is 20.6. The van der Waals surface area contributed by atoms with E-state index in [0.717, 1.165) is 19.6 Å². The highest BCUT2D eigenvalue weighted by molar-refractivity contribution is 5.64. The first-order valence-corrected chi connectivity index (χ1v) is 6.09. The van der Waals surface area contributed by atoms with Crippen molar-refractivity contribution in [1.82, 2.24) is 10.2 Å². The molecule has 2 N–H and O–H groups in total. The smallest absolute Gasteiger partial charge is 0.404 e. The Labute approximate surface area is 106 Å². The molecular weight excluding hydrogens is 232 g/mol. The number of ether oxygens (including phenoxy) is 1. The van der Waals surface area contributed by atoms with Gasteiger partial charge in [0.1, 0.15) is 0 Å². The van der Waals surface area contributed by atoms with Gasteiger partial charge in [0, 0.05) is 26.2 Å². The number of hydrogen-bond donors (Lipinski definition) is 2. The van der Waals surface area contributed by atoms with E-state index >= 15 is 0 Å². The van der Waals surface area contributed by atoms with Gasteiger partial charge in [-0.2, -0.15) is 0 Å². The molecule has 18 heavy (non-hydrogen) atoms. The summed E-state index contributed by atoms with van der Waals surface area (Å²) in [5, 5.41) is 10.9. The van der Waals surface area contributed by atoms with Crippen LogP contribution >= 0.6 is 0 Å². The van der Waals surface area contributed by atoms with Crippen LogP contribution in [-0.2, 0) is 11.3 Å². The topological polar surface area (TPSA) is 61.8 Å². The average molecular weight is 250 g/mol. The van der Waals surface area contributed by atoms with Crippen LogP contribution in [0.4, 0.5) is 4.79 Å². The number of nitrogens with one attached hydrogen (secondary N) is 1. The first kappa shape index (κ1) is 12.9. The minimum atomic E-state index is -1.00. The van der Waals surface area contributed by atoms with E-state index in [-0.39, 0.29) is 6.10 Å². The predicted octanol–water partition coefficient (Wildman–Crippen LogP) is 1.15. The Hall–Kier alpha value is -1.59. The van der Waals surface area contributed by atoms with Crippen LogP contribution in [0.3, 0.4) is 0 Å². The van der Waals surface area contributed by atoms with E-state index in [0.29, 0.717) is 13.2 Å². The van der Waals surface area contributed by atoms with Gasteiger partial charge in [-0.25, -0.2) is 4.79 Å². The molecule has 1 aromatic rings. The molecule has 1 aromatic carbocycles. The molecule has 0 spiro atoms. The van der Waals surface area contributed by atoms with Crippen molar-refractivity contribution in [2.75, 3.05) is 26.2 Å². The van der Waals surface area contributed by atoms with Crippen molar-refractivity contribution in [3.63, 3.8) is 0 Å². The summed E-state index contributed by atoms with van der Waals surface area (Å²) in [6, 6.07) is 10.3. The van der Waals surface area contributed by atoms with Gasteiger partial charge in [-0.15, -0.1) is 0 Å². The number of rotatable bonds is 4. The van der Waals surface area contributed by atoms with Crippen LogP contribution in [-0.4, -0.2) is 48.4 Å². The summed E-state index contributed by atoms with van der Waals surface area (Å²) in [5.74, 6) is 0. The zero-order valence-electron chi connectivity index (χ0n) is 10.2. The summed E-state index contributed by atoms with van der Waals surface area (Å²) in [6.45, 7) is 3.53. The minimum Gasteiger partial charge on any atom is -0.465 e. The zero-order chi connectivity index (χ0) is 12.8. The van der Waals surface area contributed by atoms with E-state index in [4.69, 9.17) is 9.84 Å². The molecule has 1 atom stereocenters. The van der Waals surface area contributed by atoms with Crippen molar-refractivity contribution in [1.29, 1.82) is 0 Å². The van der Waals surface area contributed by atoms with Crippen molar-refractivity contribution < 1.29 is 14.6 Å². The summed E-state index contributed by atoms with van der Waals surface area (Å²) >= 11 is 0. The van der Waals surface area contributed by atoms with Crippen LogP contribution in [0.15, 0.2) is 30.3 Å².